The Morgan fingerprint density at radius 2 is 1.95 bits per heavy atom. The predicted octanol–water partition coefficient (Wildman–Crippen LogP) is 3.18. The third-order valence-electron chi connectivity index (χ3n) is 3.32. The number of hydrogen-bond donors (Lipinski definition) is 1. The van der Waals surface area contributed by atoms with Crippen LogP contribution in [0.1, 0.15) is 11.1 Å². The number of benzene rings is 2. The number of nitrogen functional groups attached to an aromatic ring is 1. The van der Waals surface area contributed by atoms with E-state index in [0.717, 1.165) is 11.3 Å². The normalized spacial score (nSPS) is 10.8. The van der Waals surface area contributed by atoms with Crippen molar-refractivity contribution in [1.29, 1.82) is 0 Å². The number of hydrogen-bond acceptors (Lipinski definition) is 4. The molecule has 0 unspecified atom stereocenters. The Hall–Kier alpha value is -2.40. The summed E-state index contributed by atoms with van der Waals surface area (Å²) in [6.07, 6.45) is 0. The fraction of sp³-hybridized carbons (Fsp3) is 0.133. The molecule has 1 aromatic heterocycles. The fourth-order valence-electron chi connectivity index (χ4n) is 2.33. The molecule has 0 radical (unpaired) electrons. The molecule has 0 amide bonds. The third kappa shape index (κ3) is 2.36. The molecule has 0 fully saturated rings. The largest absolute Gasteiger partial charge is 0.398 e. The van der Waals surface area contributed by atoms with E-state index in [0.29, 0.717) is 22.1 Å². The summed E-state index contributed by atoms with van der Waals surface area (Å²) in [6.45, 7) is 4.06. The maximum atomic E-state index is 6.26. The van der Waals surface area contributed by atoms with Crippen molar-refractivity contribution < 1.29 is 0 Å². The van der Waals surface area contributed by atoms with Crippen molar-refractivity contribution in [2.24, 2.45) is 0 Å². The molecule has 0 aliphatic carbocycles. The zero-order valence-electron chi connectivity index (χ0n) is 11.7. The molecule has 0 saturated heterocycles. The van der Waals surface area contributed by atoms with Gasteiger partial charge in [-0.2, -0.15) is 4.68 Å². The minimum Gasteiger partial charge on any atom is -0.398 e. The van der Waals surface area contributed by atoms with E-state index in [4.69, 9.17) is 17.3 Å². The zero-order chi connectivity index (χ0) is 15.0. The Labute approximate surface area is 127 Å². The van der Waals surface area contributed by atoms with Crippen LogP contribution < -0.4 is 5.73 Å². The summed E-state index contributed by atoms with van der Waals surface area (Å²) in [5.41, 5.74) is 10.4. The second-order valence-electron chi connectivity index (χ2n) is 4.91. The highest BCUT2D eigenvalue weighted by molar-refractivity contribution is 6.33. The summed E-state index contributed by atoms with van der Waals surface area (Å²) < 4.78 is 1.66. The molecule has 0 atom stereocenters. The average Bonchev–Trinajstić information content (AvgIpc) is 2.87. The van der Waals surface area contributed by atoms with Crippen LogP contribution in [0.5, 0.6) is 0 Å². The summed E-state index contributed by atoms with van der Waals surface area (Å²) in [6, 6.07) is 11.4. The molecule has 0 saturated carbocycles. The number of nitrogens with zero attached hydrogens (tertiary/aromatic N) is 4. The summed E-state index contributed by atoms with van der Waals surface area (Å²) in [4.78, 5) is 0. The van der Waals surface area contributed by atoms with Crippen LogP contribution in [0.3, 0.4) is 0 Å². The van der Waals surface area contributed by atoms with Crippen LogP contribution in [0.2, 0.25) is 5.02 Å². The highest BCUT2D eigenvalue weighted by atomic mass is 35.5. The summed E-state index contributed by atoms with van der Waals surface area (Å²) in [5.74, 6) is 0.532. The average molecular weight is 300 g/mol. The number of aromatic nitrogens is 4. The maximum absolute atomic E-state index is 6.26. The molecule has 6 heteroatoms. The van der Waals surface area contributed by atoms with Crippen molar-refractivity contribution in [2.75, 3.05) is 5.73 Å². The molecule has 5 nitrogen and oxygen atoms in total. The Morgan fingerprint density at radius 1 is 1.14 bits per heavy atom. The molecule has 21 heavy (non-hydrogen) atoms. The summed E-state index contributed by atoms with van der Waals surface area (Å²) in [5, 5.41) is 12.5. The van der Waals surface area contributed by atoms with Gasteiger partial charge in [-0.3, -0.25) is 0 Å². The SMILES string of the molecule is Cc1ccc(-n2nnnc2-c2c(N)cccc2Cl)c(C)c1. The van der Waals surface area contributed by atoms with Crippen LogP contribution in [0, 0.1) is 13.8 Å². The molecule has 3 rings (SSSR count). The minimum absolute atomic E-state index is 0.524. The summed E-state index contributed by atoms with van der Waals surface area (Å²) in [7, 11) is 0. The van der Waals surface area contributed by atoms with Crippen LogP contribution in [-0.4, -0.2) is 20.2 Å². The van der Waals surface area contributed by atoms with E-state index in [1.54, 1.807) is 22.9 Å². The smallest absolute Gasteiger partial charge is 0.190 e. The first-order chi connectivity index (χ1) is 10.1. The van der Waals surface area contributed by atoms with Gasteiger partial charge in [0.05, 0.1) is 16.3 Å². The number of nitrogens with two attached hydrogens (primary N) is 1. The predicted molar refractivity (Wildman–Crippen MR) is 83.5 cm³/mol. The minimum atomic E-state index is 0.524. The van der Waals surface area contributed by atoms with Crippen LogP contribution in [0.4, 0.5) is 5.69 Å². The van der Waals surface area contributed by atoms with E-state index >= 15 is 0 Å². The third-order valence-corrected chi connectivity index (χ3v) is 3.63. The van der Waals surface area contributed by atoms with Crippen molar-refractivity contribution in [3.05, 3.63) is 52.5 Å². The fourth-order valence-corrected chi connectivity index (χ4v) is 2.59. The molecule has 0 bridgehead atoms. The van der Waals surface area contributed by atoms with Crippen LogP contribution >= 0.6 is 11.6 Å². The highest BCUT2D eigenvalue weighted by Gasteiger charge is 2.17. The summed E-state index contributed by atoms with van der Waals surface area (Å²) >= 11 is 6.26. The van der Waals surface area contributed by atoms with Crippen LogP contribution in [0.25, 0.3) is 17.1 Å². The first kappa shape index (κ1) is 13.6. The van der Waals surface area contributed by atoms with E-state index in [1.165, 1.54) is 5.56 Å². The van der Waals surface area contributed by atoms with Gasteiger partial charge >= 0.3 is 0 Å². The van der Waals surface area contributed by atoms with Gasteiger partial charge in [-0.1, -0.05) is 35.4 Å². The molecule has 2 N–H and O–H groups in total. The molecule has 0 aliphatic rings. The van der Waals surface area contributed by atoms with Crippen molar-refractivity contribution in [3.8, 4) is 17.1 Å². The molecule has 106 valence electrons. The molecule has 1 heterocycles. The maximum Gasteiger partial charge on any atom is 0.190 e. The Bertz CT molecular complexity index is 789. The second kappa shape index (κ2) is 5.18. The van der Waals surface area contributed by atoms with E-state index < -0.39 is 0 Å². The van der Waals surface area contributed by atoms with Gasteiger partial charge in [0, 0.05) is 5.69 Å². The van der Waals surface area contributed by atoms with Crippen molar-refractivity contribution in [1.82, 2.24) is 20.2 Å². The standard InChI is InChI=1S/C15H14ClN5/c1-9-6-7-13(10(2)8-9)21-15(18-19-20-21)14-11(16)4-3-5-12(14)17/h3-8H,17H2,1-2H3. The first-order valence-electron chi connectivity index (χ1n) is 6.48. The number of aryl methyl sites for hydroxylation is 2. The Balaban J connectivity index is 2.22. The van der Waals surface area contributed by atoms with Gasteiger partial charge in [0.25, 0.3) is 0 Å². The van der Waals surface area contributed by atoms with Gasteiger partial charge in [0.15, 0.2) is 5.82 Å². The van der Waals surface area contributed by atoms with Gasteiger partial charge in [-0.05, 0) is 48.0 Å². The van der Waals surface area contributed by atoms with Crippen molar-refractivity contribution in [3.63, 3.8) is 0 Å². The van der Waals surface area contributed by atoms with Crippen LogP contribution in [-0.2, 0) is 0 Å². The quantitative estimate of drug-likeness (QED) is 0.738. The van der Waals surface area contributed by atoms with E-state index in [9.17, 15) is 0 Å². The Kier molecular flexibility index (Phi) is 3.35. The lowest BCUT2D eigenvalue weighted by atomic mass is 10.1. The number of tetrazole rings is 1. The molecule has 0 spiro atoms. The number of rotatable bonds is 2. The van der Waals surface area contributed by atoms with E-state index in [-0.39, 0.29) is 0 Å². The van der Waals surface area contributed by atoms with Gasteiger partial charge in [0.2, 0.25) is 0 Å². The number of halogens is 1. The van der Waals surface area contributed by atoms with Crippen molar-refractivity contribution in [2.45, 2.75) is 13.8 Å². The van der Waals surface area contributed by atoms with E-state index in [2.05, 4.69) is 21.6 Å². The van der Waals surface area contributed by atoms with Gasteiger partial charge in [0.1, 0.15) is 0 Å². The lowest BCUT2D eigenvalue weighted by Crippen LogP contribution is -2.04. The first-order valence-corrected chi connectivity index (χ1v) is 6.86. The molecule has 2 aromatic carbocycles. The van der Waals surface area contributed by atoms with Gasteiger partial charge in [-0.25, -0.2) is 0 Å². The number of anilines is 1. The molecule has 0 aliphatic heterocycles. The van der Waals surface area contributed by atoms with Crippen LogP contribution in [0.15, 0.2) is 36.4 Å². The zero-order valence-corrected chi connectivity index (χ0v) is 12.5. The topological polar surface area (TPSA) is 69.6 Å². The lowest BCUT2D eigenvalue weighted by Gasteiger charge is -2.11. The highest BCUT2D eigenvalue weighted by Crippen LogP contribution is 2.32. The monoisotopic (exact) mass is 299 g/mol. The lowest BCUT2D eigenvalue weighted by molar-refractivity contribution is 0.787. The second-order valence-corrected chi connectivity index (χ2v) is 5.32. The van der Waals surface area contributed by atoms with E-state index in [1.807, 2.05) is 26.0 Å². The molecule has 3 aromatic rings. The van der Waals surface area contributed by atoms with Gasteiger partial charge in [-0.15, -0.1) is 5.10 Å². The Morgan fingerprint density at radius 3 is 2.67 bits per heavy atom. The molecular weight excluding hydrogens is 286 g/mol. The van der Waals surface area contributed by atoms with Gasteiger partial charge < -0.3 is 5.73 Å². The molecular formula is C15H14ClN5. The van der Waals surface area contributed by atoms with Crippen molar-refractivity contribution >= 4 is 17.3 Å².